The fourth-order valence-electron chi connectivity index (χ4n) is 6.45. The molecule has 0 amide bonds. The molecule has 0 aliphatic heterocycles. The van der Waals surface area contributed by atoms with Gasteiger partial charge < -0.3 is 9.57 Å². The van der Waals surface area contributed by atoms with E-state index in [2.05, 4.69) is 30.4 Å². The van der Waals surface area contributed by atoms with Gasteiger partial charge in [-0.15, -0.1) is 13.2 Å². The Hall–Kier alpha value is -4.42. The molecule has 2 aliphatic rings. The first-order valence-corrected chi connectivity index (χ1v) is 15.4. The van der Waals surface area contributed by atoms with Crippen molar-refractivity contribution < 1.29 is 24.0 Å². The van der Waals surface area contributed by atoms with Crippen LogP contribution in [-0.2, 0) is 26.2 Å². The summed E-state index contributed by atoms with van der Waals surface area (Å²) in [6.45, 7) is 12.3. The normalized spacial score (nSPS) is 15.0. The van der Waals surface area contributed by atoms with Gasteiger partial charge in [0.05, 0.1) is 0 Å². The Kier molecular flexibility index (Phi) is 9.50. The third-order valence-electron chi connectivity index (χ3n) is 8.77. The fourth-order valence-corrected chi connectivity index (χ4v) is 6.45. The van der Waals surface area contributed by atoms with Crippen LogP contribution in [0.4, 0.5) is 0 Å². The summed E-state index contributed by atoms with van der Waals surface area (Å²) in [6.07, 6.45) is 9.12. The molecule has 0 atom stereocenters. The van der Waals surface area contributed by atoms with Crippen molar-refractivity contribution in [2.75, 3.05) is 13.2 Å². The van der Waals surface area contributed by atoms with Crippen LogP contribution in [0.5, 0.6) is 0 Å². The number of oxime groups is 1. The van der Waals surface area contributed by atoms with Crippen molar-refractivity contribution in [3.8, 4) is 11.1 Å². The predicted molar refractivity (Wildman–Crippen MR) is 173 cm³/mol. The SMILES string of the molecule is C=CCCC1(CCC=C)c2cc(C(=O)c3ccccc3C)ccc2-c2cc3c(cc21)C/C(=N/OC(=O)COCCCC)C3=O. The first-order valence-electron chi connectivity index (χ1n) is 15.4. The summed E-state index contributed by atoms with van der Waals surface area (Å²) in [7, 11) is 0. The third-order valence-corrected chi connectivity index (χ3v) is 8.77. The Labute approximate surface area is 259 Å². The third kappa shape index (κ3) is 5.87. The lowest BCUT2D eigenvalue weighted by atomic mass is 9.70. The predicted octanol–water partition coefficient (Wildman–Crippen LogP) is 7.88. The number of nitrogens with zero attached hydrogens (tertiary/aromatic N) is 1. The highest BCUT2D eigenvalue weighted by atomic mass is 16.7. The fraction of sp³-hybridized carbons (Fsp3) is 0.316. The molecule has 0 radical (unpaired) electrons. The molecule has 0 unspecified atom stereocenters. The van der Waals surface area contributed by atoms with Gasteiger partial charge >= 0.3 is 5.97 Å². The molecule has 0 saturated carbocycles. The van der Waals surface area contributed by atoms with Gasteiger partial charge in [-0.1, -0.05) is 73.1 Å². The highest BCUT2D eigenvalue weighted by Crippen LogP contribution is 2.55. The number of ether oxygens (including phenoxy) is 1. The van der Waals surface area contributed by atoms with Crippen molar-refractivity contribution in [2.45, 2.75) is 64.2 Å². The van der Waals surface area contributed by atoms with Crippen molar-refractivity contribution in [3.63, 3.8) is 0 Å². The lowest BCUT2D eigenvalue weighted by molar-refractivity contribution is -0.149. The van der Waals surface area contributed by atoms with E-state index in [9.17, 15) is 14.4 Å². The van der Waals surface area contributed by atoms with Crippen LogP contribution in [0.3, 0.4) is 0 Å². The summed E-state index contributed by atoms with van der Waals surface area (Å²) in [5.74, 6) is -0.880. The van der Waals surface area contributed by atoms with Gasteiger partial charge in [-0.3, -0.25) is 9.59 Å². The molecule has 6 heteroatoms. The van der Waals surface area contributed by atoms with E-state index >= 15 is 0 Å². The lowest BCUT2D eigenvalue weighted by Gasteiger charge is -2.32. The van der Waals surface area contributed by atoms with Gasteiger partial charge in [0, 0.05) is 35.1 Å². The van der Waals surface area contributed by atoms with E-state index in [4.69, 9.17) is 9.57 Å². The number of allylic oxidation sites excluding steroid dienone is 2. The maximum Gasteiger partial charge on any atom is 0.360 e. The zero-order chi connectivity index (χ0) is 31.3. The summed E-state index contributed by atoms with van der Waals surface area (Å²) in [5, 5.41) is 3.94. The van der Waals surface area contributed by atoms with Crippen LogP contribution in [0, 0.1) is 6.92 Å². The molecule has 5 rings (SSSR count). The van der Waals surface area contributed by atoms with Crippen LogP contribution in [0.25, 0.3) is 11.1 Å². The van der Waals surface area contributed by atoms with E-state index in [0.717, 1.165) is 71.9 Å². The standard InChI is InChI=1S/C38H39NO5/c1-5-8-17-38(18-9-6-2)32-20-26(36(41)28-14-12-11-13-25(28)4)15-16-29(32)31-23-30-27(21-33(31)38)22-34(37(30)42)39-44-35(40)24-43-19-10-7-3/h5-6,11-16,20-21,23H,1-2,7-10,17-19,22,24H2,3-4H3/b39-34-. The molecule has 2 aliphatic carbocycles. The largest absolute Gasteiger partial charge is 0.370 e. The number of rotatable bonds is 14. The number of Topliss-reactive ketones (excluding diaryl/α,β-unsaturated/α-hetero) is 1. The molecule has 0 aromatic heterocycles. The Morgan fingerprint density at radius 3 is 2.39 bits per heavy atom. The molecular formula is C38H39NO5. The number of hydrogen-bond donors (Lipinski definition) is 0. The van der Waals surface area contributed by atoms with Crippen molar-refractivity contribution in [1.29, 1.82) is 0 Å². The molecule has 3 aromatic carbocycles. The van der Waals surface area contributed by atoms with Gasteiger partial charge in [-0.25, -0.2) is 4.79 Å². The highest BCUT2D eigenvalue weighted by Gasteiger charge is 2.44. The Balaban J connectivity index is 1.54. The van der Waals surface area contributed by atoms with Crippen LogP contribution >= 0.6 is 0 Å². The minimum atomic E-state index is -0.627. The maximum atomic E-state index is 13.7. The molecule has 3 aromatic rings. The van der Waals surface area contributed by atoms with Gasteiger partial charge in [0.25, 0.3) is 0 Å². The van der Waals surface area contributed by atoms with E-state index in [1.165, 1.54) is 0 Å². The summed E-state index contributed by atoms with van der Waals surface area (Å²) in [5.41, 5.74) is 7.73. The van der Waals surface area contributed by atoms with Crippen LogP contribution in [-0.4, -0.2) is 36.5 Å². The second-order valence-electron chi connectivity index (χ2n) is 11.6. The zero-order valence-electron chi connectivity index (χ0n) is 25.6. The maximum absolute atomic E-state index is 13.7. The molecule has 0 heterocycles. The average molecular weight is 590 g/mol. The first-order chi connectivity index (χ1) is 21.3. The molecule has 0 fully saturated rings. The van der Waals surface area contributed by atoms with E-state index in [1.54, 1.807) is 0 Å². The number of aryl methyl sites for hydroxylation is 1. The lowest BCUT2D eigenvalue weighted by Crippen LogP contribution is -2.25. The topological polar surface area (TPSA) is 82.0 Å². The smallest absolute Gasteiger partial charge is 0.360 e. The molecular weight excluding hydrogens is 550 g/mol. The van der Waals surface area contributed by atoms with E-state index in [0.29, 0.717) is 23.3 Å². The quantitative estimate of drug-likeness (QED) is 0.0628. The number of benzene rings is 3. The van der Waals surface area contributed by atoms with Gasteiger partial charge in [-0.2, -0.15) is 0 Å². The number of carbonyl (C=O) groups excluding carboxylic acids is 3. The second kappa shape index (κ2) is 13.5. The number of fused-ring (bicyclic) bond motifs is 4. The number of hydrogen-bond acceptors (Lipinski definition) is 6. The van der Waals surface area contributed by atoms with Gasteiger partial charge in [0.15, 0.2) is 5.78 Å². The summed E-state index contributed by atoms with van der Waals surface area (Å²) < 4.78 is 5.30. The van der Waals surface area contributed by atoms with Crippen molar-refractivity contribution in [1.82, 2.24) is 0 Å². The van der Waals surface area contributed by atoms with Crippen LogP contribution in [0.15, 0.2) is 85.1 Å². The zero-order valence-corrected chi connectivity index (χ0v) is 25.6. The van der Waals surface area contributed by atoms with Crippen molar-refractivity contribution in [2.24, 2.45) is 5.16 Å². The first kappa shape index (κ1) is 31.0. The van der Waals surface area contributed by atoms with Gasteiger partial charge in [0.1, 0.15) is 12.3 Å². The Morgan fingerprint density at radius 2 is 1.68 bits per heavy atom. The van der Waals surface area contributed by atoms with E-state index in [1.807, 2.05) is 68.5 Å². The van der Waals surface area contributed by atoms with Crippen LogP contribution < -0.4 is 0 Å². The molecule has 0 saturated heterocycles. The average Bonchev–Trinajstić information content (AvgIpc) is 3.49. The van der Waals surface area contributed by atoms with Crippen molar-refractivity contribution >= 4 is 23.2 Å². The molecule has 0 spiro atoms. The highest BCUT2D eigenvalue weighted by molar-refractivity contribution is 6.49. The molecule has 44 heavy (non-hydrogen) atoms. The number of ketones is 2. The molecule has 0 bridgehead atoms. The minimum Gasteiger partial charge on any atom is -0.370 e. The number of unbranched alkanes of at least 4 members (excludes halogenated alkanes) is 1. The summed E-state index contributed by atoms with van der Waals surface area (Å²) in [4.78, 5) is 44.3. The Bertz CT molecular complexity index is 1650. The van der Waals surface area contributed by atoms with Gasteiger partial charge in [0.2, 0.25) is 5.78 Å². The summed E-state index contributed by atoms with van der Waals surface area (Å²) >= 11 is 0. The number of carbonyl (C=O) groups is 3. The molecule has 6 nitrogen and oxygen atoms in total. The van der Waals surface area contributed by atoms with Gasteiger partial charge in [-0.05, 0) is 84.5 Å². The summed E-state index contributed by atoms with van der Waals surface area (Å²) in [6, 6.07) is 17.7. The molecule has 0 N–H and O–H groups in total. The Morgan fingerprint density at radius 1 is 0.955 bits per heavy atom. The van der Waals surface area contributed by atoms with Crippen LogP contribution in [0.2, 0.25) is 0 Å². The monoisotopic (exact) mass is 589 g/mol. The van der Waals surface area contributed by atoms with E-state index < -0.39 is 11.4 Å². The second-order valence-corrected chi connectivity index (χ2v) is 11.6. The minimum absolute atomic E-state index is 0.00738. The molecule has 226 valence electrons. The van der Waals surface area contributed by atoms with E-state index in [-0.39, 0.29) is 30.3 Å². The van der Waals surface area contributed by atoms with Crippen LogP contribution in [0.1, 0.15) is 94.0 Å². The van der Waals surface area contributed by atoms with Crippen molar-refractivity contribution in [3.05, 3.63) is 119 Å².